The van der Waals surface area contributed by atoms with Gasteiger partial charge in [-0.1, -0.05) is 18.2 Å². The summed E-state index contributed by atoms with van der Waals surface area (Å²) >= 11 is 0. The van der Waals surface area contributed by atoms with Crippen LogP contribution in [0.25, 0.3) is 0 Å². The fraction of sp³-hybridized carbons (Fsp3) is 0.526. The van der Waals surface area contributed by atoms with Gasteiger partial charge in [0, 0.05) is 52.4 Å². The lowest BCUT2D eigenvalue weighted by Gasteiger charge is -2.36. The van der Waals surface area contributed by atoms with E-state index in [1.807, 2.05) is 28.0 Å². The maximum atomic E-state index is 12.7. The quantitative estimate of drug-likeness (QED) is 0.390. The zero-order chi connectivity index (χ0) is 18.5. The number of para-hydroxylation sites is 1. The first-order chi connectivity index (χ1) is 12.6. The molecule has 0 spiro atoms. The van der Waals surface area contributed by atoms with Crippen LogP contribution >= 0.6 is 24.0 Å². The molecular formula is C19H28IN5O2. The molecule has 1 aromatic carbocycles. The third-order valence-electron chi connectivity index (χ3n) is 5.05. The van der Waals surface area contributed by atoms with Gasteiger partial charge in [-0.15, -0.1) is 24.0 Å². The van der Waals surface area contributed by atoms with Gasteiger partial charge in [-0.2, -0.15) is 0 Å². The molecule has 0 saturated carbocycles. The highest BCUT2D eigenvalue weighted by atomic mass is 127. The van der Waals surface area contributed by atoms with Gasteiger partial charge in [0.1, 0.15) is 0 Å². The fourth-order valence-corrected chi connectivity index (χ4v) is 3.61. The Bertz CT molecular complexity index is 701. The van der Waals surface area contributed by atoms with Crippen molar-refractivity contribution in [3.63, 3.8) is 0 Å². The number of carbonyl (C=O) groups is 2. The topological polar surface area (TPSA) is 68.2 Å². The van der Waals surface area contributed by atoms with Crippen molar-refractivity contribution in [2.24, 2.45) is 4.99 Å². The number of guanidine groups is 1. The van der Waals surface area contributed by atoms with Gasteiger partial charge < -0.3 is 20.0 Å². The third kappa shape index (κ3) is 5.12. The Kier molecular flexibility index (Phi) is 7.88. The molecule has 3 rings (SSSR count). The lowest BCUT2D eigenvalue weighted by Crippen LogP contribution is -2.54. The Balaban J connectivity index is 0.00000261. The van der Waals surface area contributed by atoms with E-state index in [0.717, 1.165) is 38.2 Å². The summed E-state index contributed by atoms with van der Waals surface area (Å²) in [6.07, 6.45) is 2.01. The molecule has 0 atom stereocenters. The van der Waals surface area contributed by atoms with Crippen molar-refractivity contribution in [3.05, 3.63) is 29.8 Å². The molecule has 2 aliphatic heterocycles. The number of hydrogen-bond donors (Lipinski definition) is 1. The van der Waals surface area contributed by atoms with Gasteiger partial charge in [0.15, 0.2) is 5.96 Å². The number of hydrogen-bond acceptors (Lipinski definition) is 3. The second-order valence-electron chi connectivity index (χ2n) is 6.67. The predicted octanol–water partition coefficient (Wildman–Crippen LogP) is 1.32. The number of halogens is 1. The number of fused-ring (bicyclic) bond motifs is 1. The maximum absolute atomic E-state index is 12.7. The molecule has 2 amide bonds. The van der Waals surface area contributed by atoms with E-state index in [9.17, 15) is 9.59 Å². The largest absolute Gasteiger partial charge is 0.347 e. The molecule has 7 nitrogen and oxygen atoms in total. The zero-order valence-electron chi connectivity index (χ0n) is 16.0. The van der Waals surface area contributed by atoms with E-state index in [1.165, 1.54) is 5.56 Å². The second-order valence-corrected chi connectivity index (χ2v) is 6.67. The van der Waals surface area contributed by atoms with Gasteiger partial charge in [-0.3, -0.25) is 14.6 Å². The average molecular weight is 485 g/mol. The Morgan fingerprint density at radius 3 is 2.41 bits per heavy atom. The summed E-state index contributed by atoms with van der Waals surface area (Å²) in [5.74, 6) is 0.874. The number of aliphatic imine (C=N–C) groups is 1. The van der Waals surface area contributed by atoms with E-state index in [0.29, 0.717) is 19.0 Å². The van der Waals surface area contributed by atoms with Crippen molar-refractivity contribution >= 4 is 47.4 Å². The number of benzene rings is 1. The predicted molar refractivity (Wildman–Crippen MR) is 118 cm³/mol. The number of aryl methyl sites for hydroxylation is 1. The Labute approximate surface area is 177 Å². The highest BCUT2D eigenvalue weighted by molar-refractivity contribution is 14.0. The van der Waals surface area contributed by atoms with Crippen LogP contribution in [0.2, 0.25) is 0 Å². The number of nitrogens with one attached hydrogen (secondary N) is 1. The second kappa shape index (κ2) is 9.91. The normalized spacial score (nSPS) is 17.1. The van der Waals surface area contributed by atoms with Crippen molar-refractivity contribution in [1.29, 1.82) is 0 Å². The molecule has 0 radical (unpaired) electrons. The summed E-state index contributed by atoms with van der Waals surface area (Å²) in [5, 5.41) is 3.19. The van der Waals surface area contributed by atoms with E-state index in [4.69, 9.17) is 0 Å². The van der Waals surface area contributed by atoms with Crippen LogP contribution in [-0.4, -0.2) is 73.9 Å². The number of carbonyl (C=O) groups excluding carboxylic acids is 2. The van der Waals surface area contributed by atoms with E-state index < -0.39 is 0 Å². The number of amides is 2. The van der Waals surface area contributed by atoms with E-state index in [1.54, 1.807) is 14.0 Å². The van der Waals surface area contributed by atoms with Crippen LogP contribution in [-0.2, 0) is 16.0 Å². The molecule has 0 aromatic heterocycles. The highest BCUT2D eigenvalue weighted by Crippen LogP contribution is 2.26. The minimum absolute atomic E-state index is 0. The van der Waals surface area contributed by atoms with Gasteiger partial charge in [0.2, 0.25) is 11.8 Å². The molecule has 2 heterocycles. The zero-order valence-corrected chi connectivity index (χ0v) is 18.3. The third-order valence-corrected chi connectivity index (χ3v) is 5.05. The van der Waals surface area contributed by atoms with Gasteiger partial charge in [0.25, 0.3) is 0 Å². The van der Waals surface area contributed by atoms with Gasteiger partial charge in [0.05, 0.1) is 6.54 Å². The lowest BCUT2D eigenvalue weighted by molar-refractivity contribution is -0.130. The van der Waals surface area contributed by atoms with Crippen LogP contribution in [0.3, 0.4) is 0 Å². The van der Waals surface area contributed by atoms with Crippen molar-refractivity contribution in [2.45, 2.75) is 19.8 Å². The molecule has 1 fully saturated rings. The molecule has 0 bridgehead atoms. The summed E-state index contributed by atoms with van der Waals surface area (Å²) in [4.78, 5) is 34.3. The number of anilines is 1. The van der Waals surface area contributed by atoms with E-state index in [2.05, 4.69) is 21.3 Å². The molecule has 0 unspecified atom stereocenters. The van der Waals surface area contributed by atoms with Crippen molar-refractivity contribution in [2.75, 3.05) is 51.2 Å². The van der Waals surface area contributed by atoms with Crippen molar-refractivity contribution in [3.8, 4) is 0 Å². The summed E-state index contributed by atoms with van der Waals surface area (Å²) < 4.78 is 0. The summed E-state index contributed by atoms with van der Waals surface area (Å²) in [5.41, 5.74) is 2.26. The molecule has 1 N–H and O–H groups in total. The first-order valence-corrected chi connectivity index (χ1v) is 9.19. The highest BCUT2D eigenvalue weighted by Gasteiger charge is 2.24. The van der Waals surface area contributed by atoms with Gasteiger partial charge >= 0.3 is 0 Å². The molecule has 2 aliphatic rings. The fourth-order valence-electron chi connectivity index (χ4n) is 3.61. The Morgan fingerprint density at radius 2 is 1.74 bits per heavy atom. The summed E-state index contributed by atoms with van der Waals surface area (Å²) in [7, 11) is 1.72. The smallest absolute Gasteiger partial charge is 0.246 e. The SMILES string of the molecule is CN=C(NCC(=O)N1CCCc2ccccc21)N1CCN(C(C)=O)CC1.I. The van der Waals surface area contributed by atoms with Crippen LogP contribution in [0.5, 0.6) is 0 Å². The Hall–Kier alpha value is -1.84. The molecule has 148 valence electrons. The molecule has 1 aromatic rings. The number of nitrogens with zero attached hydrogens (tertiary/aromatic N) is 4. The summed E-state index contributed by atoms with van der Waals surface area (Å²) in [6.45, 7) is 5.38. The maximum Gasteiger partial charge on any atom is 0.246 e. The van der Waals surface area contributed by atoms with Crippen LogP contribution in [0.4, 0.5) is 5.69 Å². The average Bonchev–Trinajstić information content (AvgIpc) is 2.68. The first kappa shape index (κ1) is 21.5. The standard InChI is InChI=1S/C19H27N5O2.HI/c1-15(25)22-10-12-23(13-11-22)19(20-2)21-14-18(26)24-9-5-7-16-6-3-4-8-17(16)24;/h3-4,6,8H,5,7,9-14H2,1-2H3,(H,20,21);1H. The number of piperazine rings is 1. The molecule has 0 aliphatic carbocycles. The lowest BCUT2D eigenvalue weighted by atomic mass is 10.0. The van der Waals surface area contributed by atoms with Crippen molar-refractivity contribution in [1.82, 2.24) is 15.1 Å². The van der Waals surface area contributed by atoms with Crippen LogP contribution in [0.15, 0.2) is 29.3 Å². The molecule has 8 heteroatoms. The van der Waals surface area contributed by atoms with Crippen LogP contribution in [0, 0.1) is 0 Å². The summed E-state index contributed by atoms with van der Waals surface area (Å²) in [6, 6.07) is 8.11. The van der Waals surface area contributed by atoms with E-state index in [-0.39, 0.29) is 42.3 Å². The van der Waals surface area contributed by atoms with Crippen molar-refractivity contribution < 1.29 is 9.59 Å². The Morgan fingerprint density at radius 1 is 1.07 bits per heavy atom. The van der Waals surface area contributed by atoms with Gasteiger partial charge in [-0.05, 0) is 24.5 Å². The minimum Gasteiger partial charge on any atom is -0.347 e. The number of rotatable bonds is 2. The minimum atomic E-state index is 0. The molecule has 27 heavy (non-hydrogen) atoms. The van der Waals surface area contributed by atoms with E-state index >= 15 is 0 Å². The monoisotopic (exact) mass is 485 g/mol. The molecule has 1 saturated heterocycles. The van der Waals surface area contributed by atoms with Crippen LogP contribution < -0.4 is 10.2 Å². The van der Waals surface area contributed by atoms with Crippen LogP contribution in [0.1, 0.15) is 18.9 Å². The van der Waals surface area contributed by atoms with Gasteiger partial charge in [-0.25, -0.2) is 0 Å². The first-order valence-electron chi connectivity index (χ1n) is 9.19. The molecular weight excluding hydrogens is 457 g/mol.